The first-order valence-electron chi connectivity index (χ1n) is 6.27. The molecule has 0 aliphatic heterocycles. The summed E-state index contributed by atoms with van der Waals surface area (Å²) in [5.41, 5.74) is 10.7. The molecular formula is C15H22N2O. The van der Waals surface area contributed by atoms with E-state index < -0.39 is 0 Å². The van der Waals surface area contributed by atoms with Gasteiger partial charge in [-0.05, 0) is 55.5 Å². The topological polar surface area (TPSA) is 59.0 Å². The molecule has 2 N–H and O–H groups in total. The molecule has 1 rings (SSSR count). The zero-order chi connectivity index (χ0) is 13.9. The first-order valence-corrected chi connectivity index (χ1v) is 6.27. The van der Waals surface area contributed by atoms with Gasteiger partial charge in [-0.2, -0.15) is 5.26 Å². The second-order valence-corrected chi connectivity index (χ2v) is 4.73. The van der Waals surface area contributed by atoms with Crippen LogP contribution < -0.4 is 10.5 Å². The molecule has 3 nitrogen and oxygen atoms in total. The lowest BCUT2D eigenvalue weighted by atomic mass is 9.85. The highest BCUT2D eigenvalue weighted by molar-refractivity contribution is 5.49. The van der Waals surface area contributed by atoms with E-state index in [-0.39, 0.29) is 12.0 Å². The molecule has 3 heteroatoms. The van der Waals surface area contributed by atoms with E-state index in [1.54, 1.807) is 7.11 Å². The molecule has 98 valence electrons. The molecule has 0 bridgehead atoms. The van der Waals surface area contributed by atoms with Gasteiger partial charge in [-0.1, -0.05) is 6.92 Å². The van der Waals surface area contributed by atoms with Gasteiger partial charge in [0.1, 0.15) is 5.75 Å². The van der Waals surface area contributed by atoms with Gasteiger partial charge in [0.05, 0.1) is 19.1 Å². The summed E-state index contributed by atoms with van der Waals surface area (Å²) in [7, 11) is 1.67. The van der Waals surface area contributed by atoms with E-state index in [9.17, 15) is 0 Å². The van der Waals surface area contributed by atoms with Crippen LogP contribution in [0.3, 0.4) is 0 Å². The molecule has 0 aliphatic carbocycles. The SMILES string of the molecule is CCC(C#N)C(N)c1c(C)cc(OC)c(C)c1C. The summed E-state index contributed by atoms with van der Waals surface area (Å²) in [5.74, 6) is 0.737. The van der Waals surface area contributed by atoms with Gasteiger partial charge in [-0.3, -0.25) is 0 Å². The summed E-state index contributed by atoms with van der Waals surface area (Å²) in [5, 5.41) is 9.15. The average Bonchev–Trinajstić information content (AvgIpc) is 2.35. The predicted octanol–water partition coefficient (Wildman–Crippen LogP) is 3.17. The number of nitrogens with zero attached hydrogens (tertiary/aromatic N) is 1. The van der Waals surface area contributed by atoms with Crippen molar-refractivity contribution >= 4 is 0 Å². The van der Waals surface area contributed by atoms with Crippen LogP contribution in [0.5, 0.6) is 5.75 Å². The maximum absolute atomic E-state index is 9.15. The fourth-order valence-corrected chi connectivity index (χ4v) is 2.42. The molecule has 0 aromatic heterocycles. The quantitative estimate of drug-likeness (QED) is 0.887. The molecule has 0 fully saturated rings. The van der Waals surface area contributed by atoms with Crippen LogP contribution in [0.15, 0.2) is 6.07 Å². The minimum Gasteiger partial charge on any atom is -0.496 e. The van der Waals surface area contributed by atoms with E-state index in [0.29, 0.717) is 0 Å². The van der Waals surface area contributed by atoms with Crippen molar-refractivity contribution in [1.29, 1.82) is 5.26 Å². The van der Waals surface area contributed by atoms with Crippen LogP contribution in [0.1, 0.15) is 41.6 Å². The molecule has 0 heterocycles. The van der Waals surface area contributed by atoms with Crippen LogP contribution in [0, 0.1) is 38.0 Å². The average molecular weight is 246 g/mol. The standard InChI is InChI=1S/C15H22N2O/c1-6-12(8-16)15(17)14-9(2)7-13(18-5)10(3)11(14)4/h7,12,15H,6,17H2,1-5H3. The number of rotatable bonds is 4. The smallest absolute Gasteiger partial charge is 0.122 e. The Balaban J connectivity index is 3.34. The zero-order valence-corrected chi connectivity index (χ0v) is 11.9. The van der Waals surface area contributed by atoms with E-state index in [0.717, 1.165) is 34.4 Å². The number of aryl methyl sites for hydroxylation is 1. The summed E-state index contributed by atoms with van der Waals surface area (Å²) in [6.07, 6.45) is 0.765. The van der Waals surface area contributed by atoms with E-state index in [1.807, 2.05) is 33.8 Å². The lowest BCUT2D eigenvalue weighted by Crippen LogP contribution is -2.22. The second-order valence-electron chi connectivity index (χ2n) is 4.73. The first-order chi connectivity index (χ1) is 8.47. The number of nitrogens with two attached hydrogens (primary N) is 1. The maximum Gasteiger partial charge on any atom is 0.122 e. The minimum atomic E-state index is -0.232. The fourth-order valence-electron chi connectivity index (χ4n) is 2.42. The molecule has 2 unspecified atom stereocenters. The highest BCUT2D eigenvalue weighted by Gasteiger charge is 2.22. The highest BCUT2D eigenvalue weighted by Crippen LogP contribution is 2.33. The van der Waals surface area contributed by atoms with Crippen molar-refractivity contribution in [2.75, 3.05) is 7.11 Å². The van der Waals surface area contributed by atoms with Gasteiger partial charge in [0.25, 0.3) is 0 Å². The van der Waals surface area contributed by atoms with E-state index in [1.165, 1.54) is 0 Å². The van der Waals surface area contributed by atoms with Crippen LogP contribution >= 0.6 is 0 Å². The molecule has 2 atom stereocenters. The Morgan fingerprint density at radius 1 is 1.33 bits per heavy atom. The number of ether oxygens (including phenoxy) is 1. The maximum atomic E-state index is 9.15. The van der Waals surface area contributed by atoms with E-state index >= 15 is 0 Å². The monoisotopic (exact) mass is 246 g/mol. The number of hydrogen-bond acceptors (Lipinski definition) is 3. The minimum absolute atomic E-state index is 0.143. The molecule has 1 aromatic rings. The van der Waals surface area contributed by atoms with Crippen LogP contribution in [-0.2, 0) is 0 Å². The zero-order valence-electron chi connectivity index (χ0n) is 11.9. The van der Waals surface area contributed by atoms with Crippen LogP contribution in [-0.4, -0.2) is 7.11 Å². The Hall–Kier alpha value is -1.53. The number of nitriles is 1. The lowest BCUT2D eigenvalue weighted by molar-refractivity contribution is 0.410. The van der Waals surface area contributed by atoms with Crippen molar-refractivity contribution < 1.29 is 4.74 Å². The summed E-state index contributed by atoms with van der Waals surface area (Å²) < 4.78 is 5.35. The third-order valence-electron chi connectivity index (χ3n) is 3.70. The van der Waals surface area contributed by atoms with Gasteiger partial charge in [0.2, 0.25) is 0 Å². The van der Waals surface area contributed by atoms with E-state index in [2.05, 4.69) is 6.07 Å². The van der Waals surface area contributed by atoms with Crippen molar-refractivity contribution in [3.63, 3.8) is 0 Å². The Morgan fingerprint density at radius 3 is 2.39 bits per heavy atom. The largest absolute Gasteiger partial charge is 0.496 e. The Morgan fingerprint density at radius 2 is 1.94 bits per heavy atom. The van der Waals surface area contributed by atoms with Gasteiger partial charge in [0, 0.05) is 6.04 Å². The van der Waals surface area contributed by atoms with Crippen molar-refractivity contribution in [2.24, 2.45) is 11.7 Å². The molecular weight excluding hydrogens is 224 g/mol. The highest BCUT2D eigenvalue weighted by atomic mass is 16.5. The van der Waals surface area contributed by atoms with Crippen molar-refractivity contribution in [2.45, 2.75) is 40.2 Å². The Labute approximate surface area is 110 Å². The van der Waals surface area contributed by atoms with Crippen molar-refractivity contribution in [3.8, 4) is 11.8 Å². The lowest BCUT2D eigenvalue weighted by Gasteiger charge is -2.23. The first kappa shape index (κ1) is 14.5. The third-order valence-corrected chi connectivity index (χ3v) is 3.70. The molecule has 0 amide bonds. The van der Waals surface area contributed by atoms with Gasteiger partial charge in [-0.15, -0.1) is 0 Å². The van der Waals surface area contributed by atoms with Gasteiger partial charge >= 0.3 is 0 Å². The summed E-state index contributed by atoms with van der Waals surface area (Å²) >= 11 is 0. The predicted molar refractivity (Wildman–Crippen MR) is 73.5 cm³/mol. The molecule has 0 saturated heterocycles. The van der Waals surface area contributed by atoms with Crippen molar-refractivity contribution in [3.05, 3.63) is 28.3 Å². The summed E-state index contributed by atoms with van der Waals surface area (Å²) in [6, 6.07) is 4.07. The second kappa shape index (κ2) is 5.88. The van der Waals surface area contributed by atoms with Crippen LogP contribution in [0.25, 0.3) is 0 Å². The number of hydrogen-bond donors (Lipinski definition) is 1. The Kier molecular flexibility index (Phi) is 4.75. The van der Waals surface area contributed by atoms with Gasteiger partial charge in [0.15, 0.2) is 0 Å². The van der Waals surface area contributed by atoms with Crippen LogP contribution in [0.4, 0.5) is 0 Å². The summed E-state index contributed by atoms with van der Waals surface area (Å²) in [4.78, 5) is 0. The van der Waals surface area contributed by atoms with Gasteiger partial charge in [-0.25, -0.2) is 0 Å². The third kappa shape index (κ3) is 2.49. The molecule has 0 aliphatic rings. The molecule has 0 radical (unpaired) electrons. The number of methoxy groups -OCH3 is 1. The molecule has 18 heavy (non-hydrogen) atoms. The molecule has 0 saturated carbocycles. The summed E-state index contributed by atoms with van der Waals surface area (Å²) in [6.45, 7) is 8.09. The van der Waals surface area contributed by atoms with Crippen molar-refractivity contribution in [1.82, 2.24) is 0 Å². The van der Waals surface area contributed by atoms with Crippen LogP contribution in [0.2, 0.25) is 0 Å². The molecule has 1 aromatic carbocycles. The number of benzene rings is 1. The molecule has 0 spiro atoms. The van der Waals surface area contributed by atoms with Gasteiger partial charge < -0.3 is 10.5 Å². The van der Waals surface area contributed by atoms with E-state index in [4.69, 9.17) is 15.7 Å². The Bertz CT molecular complexity index is 474. The normalized spacial score (nSPS) is 13.8. The fraction of sp³-hybridized carbons (Fsp3) is 0.533.